The van der Waals surface area contributed by atoms with Gasteiger partial charge in [0.2, 0.25) is 0 Å². The molecule has 0 spiro atoms. The predicted octanol–water partition coefficient (Wildman–Crippen LogP) is -0.480. The summed E-state index contributed by atoms with van der Waals surface area (Å²) in [5.74, 6) is -1.50. The van der Waals surface area contributed by atoms with Crippen LogP contribution < -0.4 is 5.73 Å². The Labute approximate surface area is 82.2 Å². The molecule has 0 aromatic heterocycles. The third-order valence-electron chi connectivity index (χ3n) is 3.01. The van der Waals surface area contributed by atoms with Gasteiger partial charge in [-0.25, -0.2) is 0 Å². The van der Waals surface area contributed by atoms with Gasteiger partial charge in [-0.15, -0.1) is 0 Å². The third-order valence-corrected chi connectivity index (χ3v) is 3.01. The van der Waals surface area contributed by atoms with E-state index < -0.39 is 11.5 Å². The molecule has 2 fully saturated rings. The number of carbonyl (C=O) groups is 1. The Bertz CT molecular complexity index is 237. The Morgan fingerprint density at radius 3 is 2.21 bits per heavy atom. The van der Waals surface area contributed by atoms with Crippen LogP contribution in [0, 0.1) is 0 Å². The van der Waals surface area contributed by atoms with Crippen molar-refractivity contribution in [3.8, 4) is 0 Å². The van der Waals surface area contributed by atoms with Crippen LogP contribution in [0.3, 0.4) is 0 Å². The topological polar surface area (TPSA) is 81.8 Å². The van der Waals surface area contributed by atoms with Crippen LogP contribution in [0.5, 0.6) is 0 Å². The van der Waals surface area contributed by atoms with Crippen molar-refractivity contribution in [1.29, 1.82) is 0 Å². The van der Waals surface area contributed by atoms with Crippen molar-refractivity contribution < 1.29 is 19.4 Å². The van der Waals surface area contributed by atoms with Gasteiger partial charge >= 0.3 is 0 Å². The summed E-state index contributed by atoms with van der Waals surface area (Å²) in [5.41, 5.74) is 5.08. The summed E-state index contributed by atoms with van der Waals surface area (Å²) < 4.78 is 10.2. The number of ketones is 1. The molecule has 0 amide bonds. The molecule has 80 valence electrons. The van der Waals surface area contributed by atoms with Crippen molar-refractivity contribution in [2.45, 2.75) is 37.2 Å². The highest BCUT2D eigenvalue weighted by Crippen LogP contribution is 2.37. The van der Waals surface area contributed by atoms with Crippen LogP contribution in [0.1, 0.15) is 25.7 Å². The molecule has 2 aliphatic rings. The molecule has 1 aliphatic carbocycles. The molecule has 5 nitrogen and oxygen atoms in total. The maximum absolute atomic E-state index is 11.1. The van der Waals surface area contributed by atoms with Crippen LogP contribution in [0.15, 0.2) is 0 Å². The second-order valence-electron chi connectivity index (χ2n) is 3.97. The second kappa shape index (κ2) is 3.27. The number of ether oxygens (including phenoxy) is 2. The summed E-state index contributed by atoms with van der Waals surface area (Å²) in [6.07, 6.45) is 1.63. The number of nitrogens with two attached hydrogens (primary N) is 1. The molecule has 0 radical (unpaired) electrons. The van der Waals surface area contributed by atoms with E-state index in [9.17, 15) is 9.90 Å². The fourth-order valence-electron chi connectivity index (χ4n) is 1.98. The minimum atomic E-state index is -1.69. The van der Waals surface area contributed by atoms with Crippen LogP contribution in [0.4, 0.5) is 0 Å². The smallest absolute Gasteiger partial charge is 0.299 e. The lowest BCUT2D eigenvalue weighted by Crippen LogP contribution is -2.62. The van der Waals surface area contributed by atoms with Crippen LogP contribution in [-0.4, -0.2) is 35.6 Å². The van der Waals surface area contributed by atoms with Crippen LogP contribution >= 0.6 is 0 Å². The Kier molecular flexibility index (Phi) is 2.35. The molecule has 0 atom stereocenters. The molecular weight excluding hydrogens is 186 g/mol. The molecule has 14 heavy (non-hydrogen) atoms. The SMILES string of the molecule is NC1(C2(O)OCCO2)CCC(=O)CC1. The number of carbonyl (C=O) groups excluding carboxylic acids is 1. The zero-order valence-corrected chi connectivity index (χ0v) is 7.99. The molecule has 1 saturated heterocycles. The summed E-state index contributed by atoms with van der Waals surface area (Å²) in [7, 11) is 0. The van der Waals surface area contributed by atoms with Gasteiger partial charge in [0.1, 0.15) is 5.78 Å². The summed E-state index contributed by atoms with van der Waals surface area (Å²) in [5, 5.41) is 9.98. The molecule has 2 rings (SSSR count). The Morgan fingerprint density at radius 2 is 1.71 bits per heavy atom. The monoisotopic (exact) mass is 201 g/mol. The van der Waals surface area contributed by atoms with E-state index in [0.29, 0.717) is 38.9 Å². The van der Waals surface area contributed by atoms with Gasteiger partial charge in [0.05, 0.1) is 18.8 Å². The van der Waals surface area contributed by atoms with Crippen LogP contribution in [0.2, 0.25) is 0 Å². The number of hydrogen-bond acceptors (Lipinski definition) is 5. The molecule has 1 saturated carbocycles. The fourth-order valence-corrected chi connectivity index (χ4v) is 1.98. The molecular formula is C9H15NO4. The summed E-state index contributed by atoms with van der Waals surface area (Å²) in [4.78, 5) is 11.1. The van der Waals surface area contributed by atoms with E-state index in [1.807, 2.05) is 0 Å². The van der Waals surface area contributed by atoms with Gasteiger partial charge in [0.25, 0.3) is 5.97 Å². The predicted molar refractivity (Wildman–Crippen MR) is 47.2 cm³/mol. The van der Waals surface area contributed by atoms with Crippen molar-refractivity contribution in [2.24, 2.45) is 5.73 Å². The normalized spacial score (nSPS) is 30.6. The van der Waals surface area contributed by atoms with Crippen molar-refractivity contribution in [3.05, 3.63) is 0 Å². The zero-order chi connectivity index (χ0) is 10.2. The van der Waals surface area contributed by atoms with E-state index in [1.165, 1.54) is 0 Å². The van der Waals surface area contributed by atoms with Crippen LogP contribution in [-0.2, 0) is 14.3 Å². The van der Waals surface area contributed by atoms with Gasteiger partial charge in [-0.3, -0.25) is 4.79 Å². The van der Waals surface area contributed by atoms with Gasteiger partial charge < -0.3 is 20.3 Å². The van der Waals surface area contributed by atoms with E-state index in [-0.39, 0.29) is 5.78 Å². The van der Waals surface area contributed by atoms with Gasteiger partial charge in [-0.2, -0.15) is 0 Å². The van der Waals surface area contributed by atoms with E-state index in [1.54, 1.807) is 0 Å². The average molecular weight is 201 g/mol. The molecule has 5 heteroatoms. The van der Waals surface area contributed by atoms with Crippen molar-refractivity contribution in [2.75, 3.05) is 13.2 Å². The summed E-state index contributed by atoms with van der Waals surface area (Å²) >= 11 is 0. The first-order chi connectivity index (χ1) is 6.56. The Morgan fingerprint density at radius 1 is 1.21 bits per heavy atom. The van der Waals surface area contributed by atoms with Gasteiger partial charge in [-0.05, 0) is 12.8 Å². The van der Waals surface area contributed by atoms with E-state index in [0.717, 1.165) is 0 Å². The fraction of sp³-hybridized carbons (Fsp3) is 0.889. The molecule has 0 aromatic carbocycles. The molecule has 1 aliphatic heterocycles. The number of rotatable bonds is 1. The highest BCUT2D eigenvalue weighted by molar-refractivity contribution is 5.79. The first kappa shape index (κ1) is 10.0. The first-order valence-corrected chi connectivity index (χ1v) is 4.87. The Balaban J connectivity index is 2.11. The summed E-state index contributed by atoms with van der Waals surface area (Å²) in [6, 6.07) is 0. The minimum Gasteiger partial charge on any atom is -0.342 e. The van der Waals surface area contributed by atoms with Gasteiger partial charge in [0, 0.05) is 12.8 Å². The molecule has 3 N–H and O–H groups in total. The maximum Gasteiger partial charge on any atom is 0.299 e. The minimum absolute atomic E-state index is 0.188. The van der Waals surface area contributed by atoms with Crippen molar-refractivity contribution in [1.82, 2.24) is 0 Å². The molecule has 0 aromatic rings. The largest absolute Gasteiger partial charge is 0.342 e. The van der Waals surface area contributed by atoms with Crippen molar-refractivity contribution >= 4 is 5.78 Å². The zero-order valence-electron chi connectivity index (χ0n) is 7.99. The lowest BCUT2D eigenvalue weighted by atomic mass is 9.80. The van der Waals surface area contributed by atoms with E-state index in [4.69, 9.17) is 15.2 Å². The third kappa shape index (κ3) is 1.46. The lowest BCUT2D eigenvalue weighted by Gasteiger charge is -2.41. The first-order valence-electron chi connectivity index (χ1n) is 4.87. The van der Waals surface area contributed by atoms with Crippen molar-refractivity contribution in [3.63, 3.8) is 0 Å². The highest BCUT2D eigenvalue weighted by Gasteiger charge is 2.54. The highest BCUT2D eigenvalue weighted by atomic mass is 16.8. The number of Topliss-reactive ketones (excluding diaryl/α,β-unsaturated/α-hetero) is 1. The maximum atomic E-state index is 11.1. The van der Waals surface area contributed by atoms with E-state index >= 15 is 0 Å². The molecule has 1 heterocycles. The van der Waals surface area contributed by atoms with Gasteiger partial charge in [0.15, 0.2) is 0 Å². The summed E-state index contributed by atoms with van der Waals surface area (Å²) in [6.45, 7) is 0.701. The number of hydrogen-bond donors (Lipinski definition) is 2. The molecule has 0 bridgehead atoms. The lowest BCUT2D eigenvalue weighted by molar-refractivity contribution is -0.344. The number of aliphatic hydroxyl groups is 1. The van der Waals surface area contributed by atoms with Crippen LogP contribution in [0.25, 0.3) is 0 Å². The quantitative estimate of drug-likeness (QED) is 0.598. The van der Waals surface area contributed by atoms with E-state index in [2.05, 4.69) is 0 Å². The second-order valence-corrected chi connectivity index (χ2v) is 3.97. The Hall–Kier alpha value is -0.490. The van der Waals surface area contributed by atoms with Gasteiger partial charge in [-0.1, -0.05) is 0 Å². The molecule has 0 unspecified atom stereocenters. The standard InChI is InChI=1S/C9H15NO4/c10-8(3-1-7(11)2-4-8)9(12)13-5-6-14-9/h12H,1-6,10H2. The average Bonchev–Trinajstić information content (AvgIpc) is 2.60.